The van der Waals surface area contributed by atoms with Crippen molar-refractivity contribution in [1.82, 2.24) is 4.90 Å². The summed E-state index contributed by atoms with van der Waals surface area (Å²) in [5, 5.41) is 4.32. The van der Waals surface area contributed by atoms with E-state index in [2.05, 4.69) is 66.8 Å². The Labute approximate surface area is 201 Å². The minimum atomic E-state index is -0.524. The van der Waals surface area contributed by atoms with Crippen molar-refractivity contribution in [2.24, 2.45) is 5.92 Å². The molecule has 0 unspecified atom stereocenters. The van der Waals surface area contributed by atoms with Gasteiger partial charge in [-0.25, -0.2) is 4.79 Å². The lowest BCUT2D eigenvalue weighted by atomic mass is 9.84. The molecule has 5 heteroatoms. The predicted octanol–water partition coefficient (Wildman–Crippen LogP) is 6.54. The molecule has 0 radical (unpaired) electrons. The average Bonchev–Trinajstić information content (AvgIpc) is 3.46. The molecule has 0 saturated carbocycles. The number of carbonyl (C=O) groups is 1. The maximum absolute atomic E-state index is 13.3. The third kappa shape index (κ3) is 3.88. The Kier molecular flexibility index (Phi) is 5.79. The second-order valence-corrected chi connectivity index (χ2v) is 11.7. The largest absolute Gasteiger partial charge is 0.457 e. The van der Waals surface area contributed by atoms with E-state index in [0.29, 0.717) is 5.92 Å². The normalized spacial score (nSPS) is 28.9. The second kappa shape index (κ2) is 8.37. The van der Waals surface area contributed by atoms with Gasteiger partial charge in [-0.3, -0.25) is 4.90 Å². The fourth-order valence-corrected chi connectivity index (χ4v) is 6.61. The summed E-state index contributed by atoms with van der Waals surface area (Å²) >= 11 is 1.70. The summed E-state index contributed by atoms with van der Waals surface area (Å²) in [6, 6.07) is 9.11. The lowest BCUT2D eigenvalue weighted by Crippen LogP contribution is -2.46. The number of nitrogens with zero attached hydrogens (tertiary/aromatic N) is 1. The smallest absolute Gasteiger partial charge is 0.334 e. The maximum atomic E-state index is 13.3. The first kappa shape index (κ1) is 22.8. The Morgan fingerprint density at radius 2 is 2.06 bits per heavy atom. The van der Waals surface area contributed by atoms with Gasteiger partial charge in [-0.1, -0.05) is 45.0 Å². The summed E-state index contributed by atoms with van der Waals surface area (Å²) in [4.78, 5) is 15.9. The van der Waals surface area contributed by atoms with Crippen molar-refractivity contribution in [1.29, 1.82) is 0 Å². The number of rotatable bonds is 4. The summed E-state index contributed by atoms with van der Waals surface area (Å²) in [6.45, 7) is 12.5. The number of hydrogen-bond donors (Lipinski definition) is 0. The summed E-state index contributed by atoms with van der Waals surface area (Å²) in [6.07, 6.45) is 3.92. The van der Waals surface area contributed by atoms with Gasteiger partial charge in [0.2, 0.25) is 0 Å². The Hall–Kier alpha value is -1.95. The summed E-state index contributed by atoms with van der Waals surface area (Å²) in [5.41, 5.74) is 5.74. The molecule has 5 rings (SSSR count). The molecule has 1 saturated heterocycles. The van der Waals surface area contributed by atoms with Crippen molar-refractivity contribution in [3.8, 4) is 0 Å². The molecule has 1 aromatic carbocycles. The Balaban J connectivity index is 1.63. The fraction of sp³-hybridized carbons (Fsp3) is 0.536. The first-order chi connectivity index (χ1) is 15.7. The van der Waals surface area contributed by atoms with Crippen LogP contribution in [0.15, 0.2) is 46.7 Å². The summed E-state index contributed by atoms with van der Waals surface area (Å²) < 4.78 is 12.7. The topological polar surface area (TPSA) is 38.8 Å². The lowest BCUT2D eigenvalue weighted by Gasteiger charge is -2.42. The van der Waals surface area contributed by atoms with E-state index in [9.17, 15) is 4.79 Å². The molecular formula is C28H35NO3S. The van der Waals surface area contributed by atoms with Crippen LogP contribution in [0.4, 0.5) is 0 Å². The number of fused-ring (bicyclic) bond motifs is 5. The third-order valence-corrected chi connectivity index (χ3v) is 7.91. The minimum Gasteiger partial charge on any atom is -0.457 e. The van der Waals surface area contributed by atoms with Crippen LogP contribution in [-0.4, -0.2) is 28.8 Å². The minimum absolute atomic E-state index is 0.00463. The number of ether oxygens (including phenoxy) is 2. The van der Waals surface area contributed by atoms with E-state index < -0.39 is 5.60 Å². The molecule has 1 aromatic heterocycles. The van der Waals surface area contributed by atoms with Crippen molar-refractivity contribution in [3.05, 3.63) is 68.9 Å². The van der Waals surface area contributed by atoms with Gasteiger partial charge in [0, 0.05) is 17.9 Å². The highest BCUT2D eigenvalue weighted by Gasteiger charge is 2.55. The van der Waals surface area contributed by atoms with Gasteiger partial charge in [-0.2, -0.15) is 11.3 Å². The van der Waals surface area contributed by atoms with E-state index in [1.54, 1.807) is 11.3 Å². The Morgan fingerprint density at radius 3 is 2.70 bits per heavy atom. The molecule has 0 amide bonds. The average molecular weight is 466 g/mol. The van der Waals surface area contributed by atoms with Crippen LogP contribution in [0.25, 0.3) is 0 Å². The molecule has 3 aliphatic rings. The van der Waals surface area contributed by atoms with Crippen LogP contribution in [0, 0.1) is 5.92 Å². The van der Waals surface area contributed by atoms with E-state index in [0.717, 1.165) is 18.4 Å². The van der Waals surface area contributed by atoms with Crippen LogP contribution >= 0.6 is 11.3 Å². The molecule has 1 fully saturated rings. The van der Waals surface area contributed by atoms with Gasteiger partial charge in [0.15, 0.2) is 0 Å². The van der Waals surface area contributed by atoms with Crippen molar-refractivity contribution in [3.63, 3.8) is 0 Å². The van der Waals surface area contributed by atoms with E-state index in [-0.39, 0.29) is 36.3 Å². The molecule has 5 atom stereocenters. The van der Waals surface area contributed by atoms with Crippen molar-refractivity contribution >= 4 is 17.3 Å². The number of thiophene rings is 1. The molecule has 0 N–H and O–H groups in total. The van der Waals surface area contributed by atoms with E-state index >= 15 is 0 Å². The monoisotopic (exact) mass is 465 g/mol. The Morgan fingerprint density at radius 1 is 1.27 bits per heavy atom. The van der Waals surface area contributed by atoms with Gasteiger partial charge in [-0.15, -0.1) is 0 Å². The fourth-order valence-electron chi connectivity index (χ4n) is 5.92. The molecule has 0 bridgehead atoms. The molecule has 1 aliphatic carbocycles. The quantitative estimate of drug-likeness (QED) is 0.480. The highest BCUT2D eigenvalue weighted by molar-refractivity contribution is 7.08. The maximum Gasteiger partial charge on any atom is 0.334 e. The third-order valence-electron chi connectivity index (χ3n) is 7.21. The molecule has 33 heavy (non-hydrogen) atoms. The number of esters is 1. The summed E-state index contributed by atoms with van der Waals surface area (Å²) in [5.74, 6) is 0.241. The number of carbonyl (C=O) groups excluding carboxylic acids is 1. The first-order valence-corrected chi connectivity index (χ1v) is 13.2. The van der Waals surface area contributed by atoms with E-state index in [1.807, 2.05) is 20.8 Å². The molecule has 4 nitrogen and oxygen atoms in total. The number of benzene rings is 1. The molecule has 0 spiro atoms. The SMILES string of the molecule is CC[C@H]1C(C(=O)OC(C)(C)C)=C[C@@H](c2ccsc2)N2[C@@H]1O[C@@H]1Cc3cccc(C(C)C)c3[C@@H]12. The van der Waals surface area contributed by atoms with Gasteiger partial charge in [0.1, 0.15) is 11.8 Å². The zero-order valence-corrected chi connectivity index (χ0v) is 21.3. The zero-order valence-electron chi connectivity index (χ0n) is 20.5. The second-order valence-electron chi connectivity index (χ2n) is 10.9. The van der Waals surface area contributed by atoms with Gasteiger partial charge in [-0.05, 0) is 72.2 Å². The molecular weight excluding hydrogens is 430 g/mol. The molecule has 176 valence electrons. The zero-order chi connectivity index (χ0) is 23.5. The molecule has 2 aliphatic heterocycles. The lowest BCUT2D eigenvalue weighted by molar-refractivity contribution is -0.152. The van der Waals surface area contributed by atoms with Gasteiger partial charge < -0.3 is 9.47 Å². The van der Waals surface area contributed by atoms with Gasteiger partial charge in [0.05, 0.1) is 18.2 Å². The van der Waals surface area contributed by atoms with Crippen LogP contribution in [0.2, 0.25) is 0 Å². The van der Waals surface area contributed by atoms with E-state index in [4.69, 9.17) is 9.47 Å². The van der Waals surface area contributed by atoms with Crippen molar-refractivity contribution < 1.29 is 14.3 Å². The van der Waals surface area contributed by atoms with Crippen LogP contribution in [0.5, 0.6) is 0 Å². The van der Waals surface area contributed by atoms with Crippen LogP contribution in [-0.2, 0) is 20.7 Å². The summed E-state index contributed by atoms with van der Waals surface area (Å²) in [7, 11) is 0. The van der Waals surface area contributed by atoms with Crippen LogP contribution in [0.3, 0.4) is 0 Å². The predicted molar refractivity (Wildman–Crippen MR) is 132 cm³/mol. The van der Waals surface area contributed by atoms with Gasteiger partial charge in [0.25, 0.3) is 0 Å². The van der Waals surface area contributed by atoms with E-state index in [1.165, 1.54) is 22.3 Å². The molecule has 2 aromatic rings. The van der Waals surface area contributed by atoms with Crippen LogP contribution in [0.1, 0.15) is 88.2 Å². The highest BCUT2D eigenvalue weighted by Crippen LogP contribution is 2.55. The first-order valence-electron chi connectivity index (χ1n) is 12.2. The van der Waals surface area contributed by atoms with Crippen molar-refractivity contribution in [2.75, 3.05) is 0 Å². The number of hydrogen-bond acceptors (Lipinski definition) is 5. The van der Waals surface area contributed by atoms with Gasteiger partial charge >= 0.3 is 5.97 Å². The Bertz CT molecular complexity index is 1070. The van der Waals surface area contributed by atoms with Crippen molar-refractivity contribution in [2.45, 2.75) is 90.3 Å². The highest BCUT2D eigenvalue weighted by atomic mass is 32.1. The molecule has 3 heterocycles. The van der Waals surface area contributed by atoms with Crippen LogP contribution < -0.4 is 0 Å². The standard InChI is InChI=1S/C28H35NO3S/c1-7-19-21(27(30)32-28(4,5)6)14-22(18-11-12-33-15-18)29-25-23(31-26(19)29)13-17-9-8-10-20(16(2)3)24(17)25/h8-12,14-16,19,22-23,25-26H,7,13H2,1-6H3/t19-,22-,23+,25+,26+/m0/s1.